The standard InChI is InChI=1S/C21H22N2O2S/c1-13-5-6-15(3)19(9-13)25-11-20(24)23-21-22-18(12-26-21)17-8-7-14(2)16(4)10-17/h5-10,12H,11H2,1-4H3,(H,22,23,24). The monoisotopic (exact) mass is 366 g/mol. The summed E-state index contributed by atoms with van der Waals surface area (Å²) in [5.74, 6) is 0.516. The van der Waals surface area contributed by atoms with Crippen LogP contribution in [0.25, 0.3) is 11.3 Å². The van der Waals surface area contributed by atoms with Crippen LogP contribution in [0.4, 0.5) is 5.13 Å². The van der Waals surface area contributed by atoms with Crippen LogP contribution >= 0.6 is 11.3 Å². The van der Waals surface area contributed by atoms with E-state index in [1.54, 1.807) is 0 Å². The van der Waals surface area contributed by atoms with E-state index in [0.717, 1.165) is 28.1 Å². The van der Waals surface area contributed by atoms with Gasteiger partial charge in [0.25, 0.3) is 5.91 Å². The number of rotatable bonds is 5. The predicted octanol–water partition coefficient (Wildman–Crippen LogP) is 5.06. The number of thiazole rings is 1. The average molecular weight is 366 g/mol. The molecule has 1 amide bonds. The van der Waals surface area contributed by atoms with Gasteiger partial charge < -0.3 is 4.74 Å². The quantitative estimate of drug-likeness (QED) is 0.686. The van der Waals surface area contributed by atoms with Gasteiger partial charge in [-0.15, -0.1) is 11.3 Å². The Hall–Kier alpha value is -2.66. The molecule has 0 fully saturated rings. The second-order valence-corrected chi connectivity index (χ2v) is 7.30. The molecule has 1 aromatic heterocycles. The molecule has 1 N–H and O–H groups in total. The van der Waals surface area contributed by atoms with Crippen LogP contribution in [-0.4, -0.2) is 17.5 Å². The van der Waals surface area contributed by atoms with Crippen molar-refractivity contribution in [3.05, 3.63) is 64.0 Å². The number of carbonyl (C=O) groups is 1. The van der Waals surface area contributed by atoms with E-state index in [1.807, 2.05) is 43.5 Å². The molecule has 0 radical (unpaired) electrons. The second kappa shape index (κ2) is 7.70. The molecule has 0 unspecified atom stereocenters. The highest BCUT2D eigenvalue weighted by molar-refractivity contribution is 7.14. The SMILES string of the molecule is Cc1ccc(C)c(OCC(=O)Nc2nc(-c3ccc(C)c(C)c3)cs2)c1. The first-order valence-electron chi connectivity index (χ1n) is 8.45. The fraction of sp³-hybridized carbons (Fsp3) is 0.238. The van der Waals surface area contributed by atoms with Crippen LogP contribution in [0.3, 0.4) is 0 Å². The first-order valence-corrected chi connectivity index (χ1v) is 9.33. The van der Waals surface area contributed by atoms with Crippen LogP contribution in [0.5, 0.6) is 5.75 Å². The van der Waals surface area contributed by atoms with E-state index in [2.05, 4.69) is 36.3 Å². The average Bonchev–Trinajstić information content (AvgIpc) is 3.06. The fourth-order valence-electron chi connectivity index (χ4n) is 2.53. The van der Waals surface area contributed by atoms with Crippen molar-refractivity contribution >= 4 is 22.4 Å². The Bertz CT molecular complexity index is 947. The van der Waals surface area contributed by atoms with Crippen molar-refractivity contribution < 1.29 is 9.53 Å². The van der Waals surface area contributed by atoms with Gasteiger partial charge in [-0.2, -0.15) is 0 Å². The number of nitrogens with one attached hydrogen (secondary N) is 1. The molecule has 0 aliphatic rings. The van der Waals surface area contributed by atoms with Crippen molar-refractivity contribution in [3.8, 4) is 17.0 Å². The molecule has 26 heavy (non-hydrogen) atoms. The molecule has 0 saturated heterocycles. The van der Waals surface area contributed by atoms with Crippen molar-refractivity contribution in [2.45, 2.75) is 27.7 Å². The van der Waals surface area contributed by atoms with Gasteiger partial charge in [0, 0.05) is 10.9 Å². The summed E-state index contributed by atoms with van der Waals surface area (Å²) in [7, 11) is 0. The smallest absolute Gasteiger partial charge is 0.264 e. The number of aryl methyl sites for hydroxylation is 4. The molecule has 5 heteroatoms. The fourth-order valence-corrected chi connectivity index (χ4v) is 3.26. The zero-order chi connectivity index (χ0) is 18.7. The zero-order valence-electron chi connectivity index (χ0n) is 15.4. The summed E-state index contributed by atoms with van der Waals surface area (Å²) in [5, 5.41) is 5.33. The molecule has 2 aromatic carbocycles. The maximum absolute atomic E-state index is 12.2. The summed E-state index contributed by atoms with van der Waals surface area (Å²) in [4.78, 5) is 16.7. The lowest BCUT2D eigenvalue weighted by Crippen LogP contribution is -2.20. The molecule has 0 aliphatic heterocycles. The van der Waals surface area contributed by atoms with E-state index in [-0.39, 0.29) is 12.5 Å². The summed E-state index contributed by atoms with van der Waals surface area (Å²) in [6, 6.07) is 12.2. The molecule has 134 valence electrons. The lowest BCUT2D eigenvalue weighted by molar-refractivity contribution is -0.118. The van der Waals surface area contributed by atoms with Crippen LogP contribution in [0.2, 0.25) is 0 Å². The Morgan fingerprint density at radius 2 is 1.81 bits per heavy atom. The topological polar surface area (TPSA) is 51.2 Å². The number of aromatic nitrogens is 1. The van der Waals surface area contributed by atoms with Crippen molar-refractivity contribution in [2.24, 2.45) is 0 Å². The van der Waals surface area contributed by atoms with Gasteiger partial charge in [-0.3, -0.25) is 10.1 Å². The first-order chi connectivity index (χ1) is 12.4. The minimum Gasteiger partial charge on any atom is -0.483 e. The third-order valence-corrected chi connectivity index (χ3v) is 5.01. The van der Waals surface area contributed by atoms with E-state index < -0.39 is 0 Å². The first kappa shape index (κ1) is 18.1. The van der Waals surface area contributed by atoms with Crippen LogP contribution < -0.4 is 10.1 Å². The van der Waals surface area contributed by atoms with Gasteiger partial charge in [0.1, 0.15) is 5.75 Å². The van der Waals surface area contributed by atoms with Crippen LogP contribution in [0, 0.1) is 27.7 Å². The number of hydrogen-bond acceptors (Lipinski definition) is 4. The molecule has 4 nitrogen and oxygen atoms in total. The van der Waals surface area contributed by atoms with E-state index in [1.165, 1.54) is 22.5 Å². The lowest BCUT2D eigenvalue weighted by Gasteiger charge is -2.09. The largest absolute Gasteiger partial charge is 0.483 e. The number of carbonyl (C=O) groups excluding carboxylic acids is 1. The van der Waals surface area contributed by atoms with Gasteiger partial charge in [0.2, 0.25) is 0 Å². The molecular formula is C21H22N2O2S. The number of ether oxygens (including phenoxy) is 1. The van der Waals surface area contributed by atoms with Gasteiger partial charge >= 0.3 is 0 Å². The van der Waals surface area contributed by atoms with Crippen LogP contribution in [0.1, 0.15) is 22.3 Å². The summed E-state index contributed by atoms with van der Waals surface area (Å²) < 4.78 is 5.64. The maximum atomic E-state index is 12.2. The number of amides is 1. The lowest BCUT2D eigenvalue weighted by atomic mass is 10.1. The van der Waals surface area contributed by atoms with Crippen LogP contribution in [0.15, 0.2) is 41.8 Å². The molecular weight excluding hydrogens is 344 g/mol. The third-order valence-electron chi connectivity index (χ3n) is 4.26. The molecule has 0 aliphatic carbocycles. The highest BCUT2D eigenvalue weighted by Gasteiger charge is 2.10. The highest BCUT2D eigenvalue weighted by atomic mass is 32.1. The molecule has 0 saturated carbocycles. The molecule has 0 bridgehead atoms. The minimum atomic E-state index is -0.216. The zero-order valence-corrected chi connectivity index (χ0v) is 16.2. The number of nitrogens with zero attached hydrogens (tertiary/aromatic N) is 1. The number of hydrogen-bond donors (Lipinski definition) is 1. The Morgan fingerprint density at radius 1 is 1.04 bits per heavy atom. The van der Waals surface area contributed by atoms with Gasteiger partial charge in [0.05, 0.1) is 5.69 Å². The number of anilines is 1. The Balaban J connectivity index is 1.62. The third kappa shape index (κ3) is 4.29. The van der Waals surface area contributed by atoms with Gasteiger partial charge in [0.15, 0.2) is 11.7 Å². The summed E-state index contributed by atoms with van der Waals surface area (Å²) in [5.41, 5.74) is 6.50. The van der Waals surface area contributed by atoms with Gasteiger partial charge in [-0.05, 0) is 62.1 Å². The molecule has 1 heterocycles. The summed E-state index contributed by atoms with van der Waals surface area (Å²) in [6.45, 7) is 8.09. The summed E-state index contributed by atoms with van der Waals surface area (Å²) in [6.07, 6.45) is 0. The summed E-state index contributed by atoms with van der Waals surface area (Å²) >= 11 is 1.41. The molecule has 3 aromatic rings. The Morgan fingerprint density at radius 3 is 2.58 bits per heavy atom. The normalized spacial score (nSPS) is 10.6. The Kier molecular flexibility index (Phi) is 5.38. The van der Waals surface area contributed by atoms with Gasteiger partial charge in [-0.1, -0.05) is 24.3 Å². The Labute approximate surface area is 157 Å². The van der Waals surface area contributed by atoms with E-state index >= 15 is 0 Å². The minimum absolute atomic E-state index is 0.0388. The highest BCUT2D eigenvalue weighted by Crippen LogP contribution is 2.26. The van der Waals surface area contributed by atoms with Crippen molar-refractivity contribution in [1.29, 1.82) is 0 Å². The van der Waals surface area contributed by atoms with E-state index in [0.29, 0.717) is 5.13 Å². The van der Waals surface area contributed by atoms with Crippen LogP contribution in [-0.2, 0) is 4.79 Å². The molecule has 0 atom stereocenters. The molecule has 0 spiro atoms. The predicted molar refractivity (Wildman–Crippen MR) is 107 cm³/mol. The van der Waals surface area contributed by atoms with Gasteiger partial charge in [-0.25, -0.2) is 4.98 Å². The second-order valence-electron chi connectivity index (χ2n) is 6.44. The van der Waals surface area contributed by atoms with Crippen molar-refractivity contribution in [3.63, 3.8) is 0 Å². The van der Waals surface area contributed by atoms with E-state index in [9.17, 15) is 4.79 Å². The van der Waals surface area contributed by atoms with E-state index in [4.69, 9.17) is 4.74 Å². The maximum Gasteiger partial charge on any atom is 0.264 e. The molecule has 3 rings (SSSR count). The van der Waals surface area contributed by atoms with Crippen molar-refractivity contribution in [1.82, 2.24) is 4.98 Å². The van der Waals surface area contributed by atoms with Crippen molar-refractivity contribution in [2.75, 3.05) is 11.9 Å². The number of benzene rings is 2.